The molecule has 3 unspecified atom stereocenters. The van der Waals surface area contributed by atoms with E-state index in [4.69, 9.17) is 0 Å². The summed E-state index contributed by atoms with van der Waals surface area (Å²) in [5, 5.41) is 8.11. The molecule has 21 heavy (non-hydrogen) atoms. The summed E-state index contributed by atoms with van der Waals surface area (Å²) in [6.45, 7) is 12.3. The van der Waals surface area contributed by atoms with Crippen molar-refractivity contribution in [1.29, 1.82) is 0 Å². The average Bonchev–Trinajstić information content (AvgIpc) is 2.85. The third-order valence-electron chi connectivity index (χ3n) is 5.12. The molecule has 1 aromatic heterocycles. The Hall–Kier alpha value is -0.350. The zero-order valence-electron chi connectivity index (χ0n) is 13.9. The lowest BCUT2D eigenvalue weighted by Crippen LogP contribution is -2.34. The SMILES string of the molecule is CCNCC1CCC(C(C)C)CC1c1c(Br)cnn1CC. The summed E-state index contributed by atoms with van der Waals surface area (Å²) < 4.78 is 3.39. The third kappa shape index (κ3) is 3.89. The van der Waals surface area contributed by atoms with Crippen LogP contribution in [0.1, 0.15) is 58.6 Å². The molecule has 120 valence electrons. The molecule has 1 fully saturated rings. The number of aromatic nitrogens is 2. The van der Waals surface area contributed by atoms with Crippen LogP contribution in [-0.2, 0) is 6.54 Å². The maximum Gasteiger partial charge on any atom is 0.0635 e. The number of hydrogen-bond donors (Lipinski definition) is 1. The molecule has 0 aliphatic heterocycles. The summed E-state index contributed by atoms with van der Waals surface area (Å²) in [4.78, 5) is 0. The van der Waals surface area contributed by atoms with E-state index in [2.05, 4.69) is 58.7 Å². The van der Waals surface area contributed by atoms with Crippen molar-refractivity contribution in [3.63, 3.8) is 0 Å². The molecule has 1 aliphatic carbocycles. The van der Waals surface area contributed by atoms with Gasteiger partial charge in [0.15, 0.2) is 0 Å². The minimum absolute atomic E-state index is 0.627. The molecule has 1 aromatic rings. The summed E-state index contributed by atoms with van der Waals surface area (Å²) in [6, 6.07) is 0. The van der Waals surface area contributed by atoms with E-state index in [1.165, 1.54) is 29.4 Å². The van der Waals surface area contributed by atoms with Crippen LogP contribution >= 0.6 is 15.9 Å². The number of aryl methyl sites for hydroxylation is 1. The first-order chi connectivity index (χ1) is 10.1. The fourth-order valence-electron chi connectivity index (χ4n) is 3.77. The monoisotopic (exact) mass is 355 g/mol. The molecule has 0 radical (unpaired) electrons. The van der Waals surface area contributed by atoms with E-state index in [0.29, 0.717) is 5.92 Å². The maximum atomic E-state index is 4.54. The molecule has 0 bridgehead atoms. The Morgan fingerprint density at radius 2 is 2.14 bits per heavy atom. The van der Waals surface area contributed by atoms with Crippen molar-refractivity contribution in [2.45, 2.75) is 59.4 Å². The fourth-order valence-corrected chi connectivity index (χ4v) is 4.36. The van der Waals surface area contributed by atoms with Crippen LogP contribution in [-0.4, -0.2) is 22.9 Å². The topological polar surface area (TPSA) is 29.9 Å². The first-order valence-electron chi connectivity index (χ1n) is 8.50. The minimum atomic E-state index is 0.627. The van der Waals surface area contributed by atoms with E-state index in [1.54, 1.807) is 0 Å². The van der Waals surface area contributed by atoms with Gasteiger partial charge in [0.1, 0.15) is 0 Å². The lowest BCUT2D eigenvalue weighted by molar-refractivity contribution is 0.184. The number of hydrogen-bond acceptors (Lipinski definition) is 2. The smallest absolute Gasteiger partial charge is 0.0635 e. The molecule has 3 atom stereocenters. The average molecular weight is 356 g/mol. The van der Waals surface area contributed by atoms with Gasteiger partial charge in [-0.15, -0.1) is 0 Å². The van der Waals surface area contributed by atoms with Crippen molar-refractivity contribution >= 4 is 15.9 Å². The molecular weight excluding hydrogens is 326 g/mol. The molecule has 0 spiro atoms. The Balaban J connectivity index is 2.25. The van der Waals surface area contributed by atoms with Crippen molar-refractivity contribution in [2.24, 2.45) is 17.8 Å². The number of halogens is 1. The highest BCUT2D eigenvalue weighted by Crippen LogP contribution is 2.44. The quantitative estimate of drug-likeness (QED) is 0.817. The lowest BCUT2D eigenvalue weighted by atomic mass is 9.69. The summed E-state index contributed by atoms with van der Waals surface area (Å²) in [7, 11) is 0. The van der Waals surface area contributed by atoms with Gasteiger partial charge in [-0.2, -0.15) is 5.10 Å². The van der Waals surface area contributed by atoms with Gasteiger partial charge >= 0.3 is 0 Å². The fraction of sp³-hybridized carbons (Fsp3) is 0.824. The number of nitrogens with one attached hydrogen (secondary N) is 1. The van der Waals surface area contributed by atoms with Crippen LogP contribution in [0.3, 0.4) is 0 Å². The Morgan fingerprint density at radius 3 is 2.76 bits per heavy atom. The van der Waals surface area contributed by atoms with Crippen LogP contribution < -0.4 is 5.32 Å². The number of rotatable bonds is 6. The molecule has 1 aliphatic rings. The van der Waals surface area contributed by atoms with Crippen LogP contribution in [0.15, 0.2) is 10.7 Å². The maximum absolute atomic E-state index is 4.54. The van der Waals surface area contributed by atoms with E-state index in [9.17, 15) is 0 Å². The van der Waals surface area contributed by atoms with Crippen LogP contribution in [0.5, 0.6) is 0 Å². The summed E-state index contributed by atoms with van der Waals surface area (Å²) in [6.07, 6.45) is 5.99. The molecule has 0 aromatic carbocycles. The molecular formula is C17H30BrN3. The van der Waals surface area contributed by atoms with Gasteiger partial charge in [0.2, 0.25) is 0 Å². The van der Waals surface area contributed by atoms with Gasteiger partial charge in [0.25, 0.3) is 0 Å². The van der Waals surface area contributed by atoms with Crippen LogP contribution in [0.25, 0.3) is 0 Å². The van der Waals surface area contributed by atoms with Gasteiger partial charge in [-0.25, -0.2) is 0 Å². The minimum Gasteiger partial charge on any atom is -0.317 e. The molecule has 0 amide bonds. The molecule has 1 N–H and O–H groups in total. The Morgan fingerprint density at radius 1 is 1.38 bits per heavy atom. The highest BCUT2D eigenvalue weighted by Gasteiger charge is 2.35. The van der Waals surface area contributed by atoms with Crippen molar-refractivity contribution in [1.82, 2.24) is 15.1 Å². The summed E-state index contributed by atoms with van der Waals surface area (Å²) in [5.74, 6) is 2.99. The third-order valence-corrected chi connectivity index (χ3v) is 5.73. The van der Waals surface area contributed by atoms with E-state index >= 15 is 0 Å². The summed E-state index contributed by atoms with van der Waals surface area (Å²) >= 11 is 3.74. The van der Waals surface area contributed by atoms with Gasteiger partial charge in [-0.1, -0.05) is 20.8 Å². The van der Waals surface area contributed by atoms with E-state index in [-0.39, 0.29) is 0 Å². The predicted octanol–water partition coefficient (Wildman–Crippen LogP) is 4.43. The number of nitrogens with zero attached hydrogens (tertiary/aromatic N) is 2. The first kappa shape index (κ1) is 17.0. The van der Waals surface area contributed by atoms with Crippen molar-refractivity contribution in [2.75, 3.05) is 13.1 Å². The lowest BCUT2D eigenvalue weighted by Gasteiger charge is -2.38. The second-order valence-corrected chi connectivity index (χ2v) is 7.54. The molecule has 1 saturated carbocycles. The molecule has 3 nitrogen and oxygen atoms in total. The van der Waals surface area contributed by atoms with Crippen molar-refractivity contribution in [3.05, 3.63) is 16.4 Å². The molecule has 0 saturated heterocycles. The van der Waals surface area contributed by atoms with Gasteiger partial charge in [0.05, 0.1) is 16.4 Å². The van der Waals surface area contributed by atoms with Gasteiger partial charge < -0.3 is 5.32 Å². The largest absolute Gasteiger partial charge is 0.317 e. The molecule has 1 heterocycles. The predicted molar refractivity (Wildman–Crippen MR) is 92.6 cm³/mol. The Bertz CT molecular complexity index is 441. The highest BCUT2D eigenvalue weighted by molar-refractivity contribution is 9.10. The van der Waals surface area contributed by atoms with Crippen molar-refractivity contribution in [3.8, 4) is 0 Å². The Labute approximate surface area is 138 Å². The second-order valence-electron chi connectivity index (χ2n) is 6.68. The zero-order chi connectivity index (χ0) is 15.4. The van der Waals surface area contributed by atoms with Crippen LogP contribution in [0, 0.1) is 17.8 Å². The van der Waals surface area contributed by atoms with E-state index in [1.807, 2.05) is 6.20 Å². The van der Waals surface area contributed by atoms with E-state index in [0.717, 1.165) is 37.4 Å². The van der Waals surface area contributed by atoms with Crippen molar-refractivity contribution < 1.29 is 0 Å². The molecule has 4 heteroatoms. The molecule has 2 rings (SSSR count). The second kappa shape index (κ2) is 7.77. The van der Waals surface area contributed by atoms with Gasteiger partial charge in [-0.05, 0) is 73.0 Å². The van der Waals surface area contributed by atoms with Gasteiger partial charge in [0, 0.05) is 12.5 Å². The standard InChI is InChI=1S/C17H30BrN3/c1-5-19-10-14-8-7-13(12(3)4)9-15(14)17-16(18)11-20-21(17)6-2/h11-15,19H,5-10H2,1-4H3. The van der Waals surface area contributed by atoms with Crippen LogP contribution in [0.4, 0.5) is 0 Å². The summed E-state index contributed by atoms with van der Waals surface area (Å²) in [5.41, 5.74) is 1.42. The zero-order valence-corrected chi connectivity index (χ0v) is 15.5. The van der Waals surface area contributed by atoms with E-state index < -0.39 is 0 Å². The Kier molecular flexibility index (Phi) is 6.30. The van der Waals surface area contributed by atoms with Crippen LogP contribution in [0.2, 0.25) is 0 Å². The first-order valence-corrected chi connectivity index (χ1v) is 9.29. The highest BCUT2D eigenvalue weighted by atomic mass is 79.9. The normalized spacial score (nSPS) is 26.5. The van der Waals surface area contributed by atoms with Gasteiger partial charge in [-0.3, -0.25) is 4.68 Å².